The van der Waals surface area contributed by atoms with Gasteiger partial charge in [0.05, 0.1) is 0 Å². The molecule has 1 aromatic carbocycles. The molecule has 3 nitrogen and oxygen atoms in total. The fourth-order valence-electron chi connectivity index (χ4n) is 2.86. The first-order valence-corrected chi connectivity index (χ1v) is 7.96. The van der Waals surface area contributed by atoms with Gasteiger partial charge in [-0.3, -0.25) is 9.69 Å². The number of rotatable bonds is 5. The first-order chi connectivity index (χ1) is 9.96. The van der Waals surface area contributed by atoms with Crippen LogP contribution in [-0.4, -0.2) is 35.6 Å². The van der Waals surface area contributed by atoms with Gasteiger partial charge >= 0.3 is 5.97 Å². The van der Waals surface area contributed by atoms with E-state index < -0.39 is 5.60 Å². The summed E-state index contributed by atoms with van der Waals surface area (Å²) < 4.78 is 5.54. The van der Waals surface area contributed by atoms with Crippen LogP contribution in [0.1, 0.15) is 45.6 Å². The molecule has 21 heavy (non-hydrogen) atoms. The quantitative estimate of drug-likeness (QED) is 0.778. The Balaban J connectivity index is 1.80. The number of aryl methyl sites for hydroxylation is 1. The van der Waals surface area contributed by atoms with Gasteiger partial charge in [0.25, 0.3) is 0 Å². The van der Waals surface area contributed by atoms with Crippen molar-refractivity contribution in [3.05, 3.63) is 35.9 Å². The highest BCUT2D eigenvalue weighted by molar-refractivity contribution is 5.76. The molecule has 0 bridgehead atoms. The molecule has 3 heteroatoms. The number of benzene rings is 1. The number of likely N-dealkylation sites (tertiary alicyclic amines) is 1. The standard InChI is InChI=1S/C18H27NO2/c1-18(2,3)21-17(20)16-12-8-14-19(16)13-7-11-15-9-5-4-6-10-15/h4-6,9-10,16H,7-8,11-14H2,1-3H3/t16-/m1/s1. The molecular formula is C18H27NO2. The van der Waals surface area contributed by atoms with Crippen molar-refractivity contribution in [2.45, 2.75) is 58.1 Å². The monoisotopic (exact) mass is 289 g/mol. The summed E-state index contributed by atoms with van der Waals surface area (Å²) in [6.07, 6.45) is 4.18. The molecule has 1 saturated heterocycles. The van der Waals surface area contributed by atoms with Gasteiger partial charge in [-0.05, 0) is 65.1 Å². The van der Waals surface area contributed by atoms with Crippen LogP contribution in [-0.2, 0) is 16.0 Å². The number of ether oxygens (including phenoxy) is 1. The molecule has 1 heterocycles. The molecule has 0 spiro atoms. The minimum absolute atomic E-state index is 0.0417. The van der Waals surface area contributed by atoms with Gasteiger partial charge in [0.1, 0.15) is 11.6 Å². The van der Waals surface area contributed by atoms with E-state index in [4.69, 9.17) is 4.74 Å². The van der Waals surface area contributed by atoms with Gasteiger partial charge in [0.15, 0.2) is 0 Å². The zero-order valence-electron chi connectivity index (χ0n) is 13.5. The van der Waals surface area contributed by atoms with E-state index in [9.17, 15) is 4.79 Å². The first kappa shape index (κ1) is 16.0. The average molecular weight is 289 g/mol. The third-order valence-corrected chi connectivity index (χ3v) is 3.80. The SMILES string of the molecule is CC(C)(C)OC(=O)[C@H]1CCCN1CCCc1ccccc1. The smallest absolute Gasteiger partial charge is 0.323 e. The van der Waals surface area contributed by atoms with Crippen LogP contribution in [0.5, 0.6) is 0 Å². The van der Waals surface area contributed by atoms with Crippen LogP contribution in [0, 0.1) is 0 Å². The summed E-state index contributed by atoms with van der Waals surface area (Å²) in [4.78, 5) is 14.5. The van der Waals surface area contributed by atoms with E-state index in [1.54, 1.807) is 0 Å². The van der Waals surface area contributed by atoms with Crippen LogP contribution in [0.2, 0.25) is 0 Å². The minimum Gasteiger partial charge on any atom is -0.459 e. The second-order valence-electron chi connectivity index (χ2n) is 6.82. The number of carbonyl (C=O) groups is 1. The summed E-state index contributed by atoms with van der Waals surface area (Å²) in [5.74, 6) is -0.0558. The molecule has 0 saturated carbocycles. The Morgan fingerprint density at radius 2 is 2.00 bits per heavy atom. The molecule has 0 N–H and O–H groups in total. The van der Waals surface area contributed by atoms with Crippen LogP contribution in [0.3, 0.4) is 0 Å². The lowest BCUT2D eigenvalue weighted by Gasteiger charge is -2.27. The maximum absolute atomic E-state index is 12.2. The average Bonchev–Trinajstić information content (AvgIpc) is 2.86. The predicted molar refractivity (Wildman–Crippen MR) is 85.2 cm³/mol. The Morgan fingerprint density at radius 1 is 1.29 bits per heavy atom. The Labute approximate surface area is 128 Å². The fraction of sp³-hybridized carbons (Fsp3) is 0.611. The molecule has 1 aromatic rings. The zero-order valence-corrected chi connectivity index (χ0v) is 13.5. The third-order valence-electron chi connectivity index (χ3n) is 3.80. The van der Waals surface area contributed by atoms with Crippen LogP contribution in [0.15, 0.2) is 30.3 Å². The lowest BCUT2D eigenvalue weighted by Crippen LogP contribution is -2.41. The van der Waals surface area contributed by atoms with E-state index in [-0.39, 0.29) is 12.0 Å². The summed E-state index contributed by atoms with van der Waals surface area (Å²) in [6, 6.07) is 10.5. The second-order valence-corrected chi connectivity index (χ2v) is 6.82. The van der Waals surface area contributed by atoms with Gasteiger partial charge in [-0.25, -0.2) is 0 Å². The van der Waals surface area contributed by atoms with Crippen LogP contribution in [0.4, 0.5) is 0 Å². The summed E-state index contributed by atoms with van der Waals surface area (Å²) in [6.45, 7) is 7.77. The number of esters is 1. The molecule has 0 aliphatic carbocycles. The van der Waals surface area contributed by atoms with Gasteiger partial charge in [0.2, 0.25) is 0 Å². The van der Waals surface area contributed by atoms with Gasteiger partial charge in [0, 0.05) is 0 Å². The fourth-order valence-corrected chi connectivity index (χ4v) is 2.86. The highest BCUT2D eigenvalue weighted by Gasteiger charge is 2.33. The predicted octanol–water partition coefficient (Wildman–Crippen LogP) is 3.43. The molecule has 0 unspecified atom stereocenters. The molecule has 0 amide bonds. The Morgan fingerprint density at radius 3 is 2.67 bits per heavy atom. The molecular weight excluding hydrogens is 262 g/mol. The van der Waals surface area contributed by atoms with Crippen molar-refractivity contribution in [2.24, 2.45) is 0 Å². The van der Waals surface area contributed by atoms with Crippen LogP contribution in [0.25, 0.3) is 0 Å². The minimum atomic E-state index is -0.393. The Hall–Kier alpha value is -1.35. The van der Waals surface area contributed by atoms with Crippen molar-refractivity contribution in [3.8, 4) is 0 Å². The van der Waals surface area contributed by atoms with E-state index in [0.717, 1.165) is 38.8 Å². The summed E-state index contributed by atoms with van der Waals surface area (Å²) in [5.41, 5.74) is 0.973. The second kappa shape index (κ2) is 7.08. The van der Waals surface area contributed by atoms with Crippen LogP contribution >= 0.6 is 0 Å². The number of nitrogens with zero attached hydrogens (tertiary/aromatic N) is 1. The van der Waals surface area contributed by atoms with E-state index >= 15 is 0 Å². The zero-order chi connectivity index (χ0) is 15.3. The van der Waals surface area contributed by atoms with Gasteiger partial charge in [-0.1, -0.05) is 30.3 Å². The van der Waals surface area contributed by atoms with Crippen molar-refractivity contribution >= 4 is 5.97 Å². The molecule has 1 aliphatic rings. The highest BCUT2D eigenvalue weighted by Crippen LogP contribution is 2.21. The highest BCUT2D eigenvalue weighted by atomic mass is 16.6. The number of hydrogen-bond donors (Lipinski definition) is 0. The van der Waals surface area contributed by atoms with Gasteiger partial charge in [-0.2, -0.15) is 0 Å². The molecule has 1 fully saturated rings. The van der Waals surface area contributed by atoms with E-state index in [0.29, 0.717) is 0 Å². The molecule has 116 valence electrons. The summed E-state index contributed by atoms with van der Waals surface area (Å²) >= 11 is 0. The van der Waals surface area contributed by atoms with Crippen molar-refractivity contribution < 1.29 is 9.53 Å². The molecule has 1 aliphatic heterocycles. The Kier molecular flexibility index (Phi) is 5.40. The van der Waals surface area contributed by atoms with Crippen molar-refractivity contribution in [3.63, 3.8) is 0 Å². The molecule has 0 aromatic heterocycles. The maximum Gasteiger partial charge on any atom is 0.323 e. The lowest BCUT2D eigenvalue weighted by atomic mass is 10.1. The van der Waals surface area contributed by atoms with Crippen LogP contribution < -0.4 is 0 Å². The van der Waals surface area contributed by atoms with E-state index in [1.165, 1.54) is 5.56 Å². The van der Waals surface area contributed by atoms with Gasteiger partial charge in [-0.15, -0.1) is 0 Å². The maximum atomic E-state index is 12.2. The molecule has 2 rings (SSSR count). The van der Waals surface area contributed by atoms with Crippen molar-refractivity contribution in [2.75, 3.05) is 13.1 Å². The van der Waals surface area contributed by atoms with E-state index in [1.807, 2.05) is 26.8 Å². The topological polar surface area (TPSA) is 29.5 Å². The summed E-state index contributed by atoms with van der Waals surface area (Å²) in [5, 5.41) is 0. The molecule has 0 radical (unpaired) electrons. The summed E-state index contributed by atoms with van der Waals surface area (Å²) in [7, 11) is 0. The third kappa shape index (κ3) is 5.16. The van der Waals surface area contributed by atoms with E-state index in [2.05, 4.69) is 29.2 Å². The lowest BCUT2D eigenvalue weighted by molar-refractivity contribution is -0.160. The molecule has 1 atom stereocenters. The number of carbonyl (C=O) groups excluding carboxylic acids is 1. The number of hydrogen-bond acceptors (Lipinski definition) is 3. The normalized spacial score (nSPS) is 19.7. The Bertz CT molecular complexity index is 450. The largest absolute Gasteiger partial charge is 0.459 e. The van der Waals surface area contributed by atoms with Crippen molar-refractivity contribution in [1.82, 2.24) is 4.90 Å². The first-order valence-electron chi connectivity index (χ1n) is 7.96. The van der Waals surface area contributed by atoms with Gasteiger partial charge < -0.3 is 4.74 Å². The van der Waals surface area contributed by atoms with Crippen molar-refractivity contribution in [1.29, 1.82) is 0 Å².